The van der Waals surface area contributed by atoms with Gasteiger partial charge in [-0.25, -0.2) is 4.98 Å². The van der Waals surface area contributed by atoms with Crippen molar-refractivity contribution in [2.24, 2.45) is 0 Å². The molecule has 3 heteroatoms. The Kier molecular flexibility index (Phi) is 3.67. The number of nitrogens with one attached hydrogen (secondary N) is 1. The van der Waals surface area contributed by atoms with Crippen LogP contribution < -0.4 is 10.2 Å². The molecule has 1 N–H and O–H groups in total. The fraction of sp³-hybridized carbons (Fsp3) is 0.667. The summed E-state index contributed by atoms with van der Waals surface area (Å²) in [5.41, 5.74) is 1.19. The van der Waals surface area contributed by atoms with Crippen LogP contribution in [0.3, 0.4) is 0 Å². The van der Waals surface area contributed by atoms with Crippen LogP contribution in [0.5, 0.6) is 0 Å². The molecule has 1 saturated heterocycles. The molecule has 0 atom stereocenters. The molecule has 3 nitrogen and oxygen atoms in total. The molecule has 2 aliphatic rings. The summed E-state index contributed by atoms with van der Waals surface area (Å²) in [4.78, 5) is 6.97. The van der Waals surface area contributed by atoms with Gasteiger partial charge in [-0.3, -0.25) is 0 Å². The summed E-state index contributed by atoms with van der Waals surface area (Å²) < 4.78 is 0. The van der Waals surface area contributed by atoms with Crippen LogP contribution in [-0.4, -0.2) is 24.1 Å². The normalized spacial score (nSPS) is 21.2. The van der Waals surface area contributed by atoms with Gasteiger partial charge in [-0.05, 0) is 37.8 Å². The second-order valence-corrected chi connectivity index (χ2v) is 5.58. The molecule has 98 valence electrons. The average Bonchev–Trinajstić information content (AvgIpc) is 2.95. The van der Waals surface area contributed by atoms with Crippen molar-refractivity contribution < 1.29 is 0 Å². The standard InChI is InChI=1S/C15H23N3/c1-2-6-13(7-3-1)17-14-8-9-15(16-12-14)18-10-4-5-11-18/h8-9,12-13,17H,1-7,10-11H2. The number of aromatic nitrogens is 1. The van der Waals surface area contributed by atoms with Gasteiger partial charge in [-0.2, -0.15) is 0 Å². The monoisotopic (exact) mass is 245 g/mol. The predicted octanol–water partition coefficient (Wildman–Crippen LogP) is 3.43. The van der Waals surface area contributed by atoms with E-state index >= 15 is 0 Å². The lowest BCUT2D eigenvalue weighted by atomic mass is 9.95. The van der Waals surface area contributed by atoms with Crippen LogP contribution in [0.2, 0.25) is 0 Å². The van der Waals surface area contributed by atoms with Crippen LogP contribution >= 0.6 is 0 Å². The molecular weight excluding hydrogens is 222 g/mol. The third kappa shape index (κ3) is 2.77. The fourth-order valence-corrected chi connectivity index (χ4v) is 3.09. The predicted molar refractivity (Wildman–Crippen MR) is 76.2 cm³/mol. The summed E-state index contributed by atoms with van der Waals surface area (Å²) in [6.07, 6.45) is 11.4. The van der Waals surface area contributed by atoms with Crippen LogP contribution in [0.4, 0.5) is 11.5 Å². The number of pyridine rings is 1. The van der Waals surface area contributed by atoms with Crippen LogP contribution in [-0.2, 0) is 0 Å². The minimum absolute atomic E-state index is 0.665. The quantitative estimate of drug-likeness (QED) is 0.884. The summed E-state index contributed by atoms with van der Waals surface area (Å²) in [5.74, 6) is 1.14. The lowest BCUT2D eigenvalue weighted by Gasteiger charge is -2.24. The molecule has 0 amide bonds. The summed E-state index contributed by atoms with van der Waals surface area (Å²) in [6.45, 7) is 2.34. The van der Waals surface area contributed by atoms with Crippen LogP contribution in [0.15, 0.2) is 18.3 Å². The lowest BCUT2D eigenvalue weighted by molar-refractivity contribution is 0.462. The van der Waals surface area contributed by atoms with E-state index in [1.54, 1.807) is 0 Å². The molecule has 1 aliphatic heterocycles. The zero-order valence-corrected chi connectivity index (χ0v) is 11.1. The molecule has 3 rings (SSSR count). The maximum Gasteiger partial charge on any atom is 0.128 e. The first kappa shape index (κ1) is 11.8. The summed E-state index contributed by atoms with van der Waals surface area (Å²) in [5, 5.41) is 3.62. The Morgan fingerprint density at radius 2 is 1.78 bits per heavy atom. The first-order valence-corrected chi connectivity index (χ1v) is 7.39. The van der Waals surface area contributed by atoms with E-state index in [0.29, 0.717) is 6.04 Å². The minimum atomic E-state index is 0.665. The molecule has 1 aliphatic carbocycles. The van der Waals surface area contributed by atoms with E-state index < -0.39 is 0 Å². The Balaban J connectivity index is 1.59. The van der Waals surface area contributed by atoms with Gasteiger partial charge in [-0.15, -0.1) is 0 Å². The van der Waals surface area contributed by atoms with Crippen molar-refractivity contribution in [1.82, 2.24) is 4.98 Å². The fourth-order valence-electron chi connectivity index (χ4n) is 3.09. The van der Waals surface area contributed by atoms with Crippen molar-refractivity contribution >= 4 is 11.5 Å². The van der Waals surface area contributed by atoms with Crippen molar-refractivity contribution in [2.75, 3.05) is 23.3 Å². The van der Waals surface area contributed by atoms with Gasteiger partial charge in [0.25, 0.3) is 0 Å². The van der Waals surface area contributed by atoms with Gasteiger partial charge < -0.3 is 10.2 Å². The molecule has 1 aromatic rings. The molecule has 1 saturated carbocycles. The Labute approximate surface area is 110 Å². The van der Waals surface area contributed by atoms with Gasteiger partial charge in [0.2, 0.25) is 0 Å². The van der Waals surface area contributed by atoms with Gasteiger partial charge in [0.15, 0.2) is 0 Å². The number of anilines is 2. The number of hydrogen-bond acceptors (Lipinski definition) is 3. The maximum atomic E-state index is 4.59. The largest absolute Gasteiger partial charge is 0.381 e. The molecule has 0 radical (unpaired) electrons. The number of hydrogen-bond donors (Lipinski definition) is 1. The highest BCUT2D eigenvalue weighted by molar-refractivity contribution is 5.49. The molecule has 18 heavy (non-hydrogen) atoms. The maximum absolute atomic E-state index is 4.59. The molecule has 2 fully saturated rings. The van der Waals surface area contributed by atoms with E-state index in [1.165, 1.54) is 63.7 Å². The van der Waals surface area contributed by atoms with E-state index in [4.69, 9.17) is 0 Å². The Bertz CT molecular complexity index is 362. The highest BCUT2D eigenvalue weighted by atomic mass is 15.2. The SMILES string of the molecule is c1cc(N2CCCC2)ncc1NC1CCCCC1. The van der Waals surface area contributed by atoms with Gasteiger partial charge in [0, 0.05) is 19.1 Å². The van der Waals surface area contributed by atoms with Gasteiger partial charge in [-0.1, -0.05) is 19.3 Å². The Morgan fingerprint density at radius 1 is 1.00 bits per heavy atom. The first-order valence-electron chi connectivity index (χ1n) is 7.39. The summed E-state index contributed by atoms with van der Waals surface area (Å²) in [6, 6.07) is 5.02. The van der Waals surface area contributed by atoms with Gasteiger partial charge in [0.1, 0.15) is 5.82 Å². The van der Waals surface area contributed by atoms with E-state index in [-0.39, 0.29) is 0 Å². The Hall–Kier alpha value is -1.25. The average molecular weight is 245 g/mol. The third-order valence-corrected chi connectivity index (χ3v) is 4.15. The second kappa shape index (κ2) is 5.59. The van der Waals surface area contributed by atoms with E-state index in [2.05, 4.69) is 27.3 Å². The van der Waals surface area contributed by atoms with E-state index in [0.717, 1.165) is 5.82 Å². The number of rotatable bonds is 3. The second-order valence-electron chi connectivity index (χ2n) is 5.58. The van der Waals surface area contributed by atoms with Crippen LogP contribution in [0.25, 0.3) is 0 Å². The first-order chi connectivity index (χ1) is 8.92. The van der Waals surface area contributed by atoms with Crippen molar-refractivity contribution in [3.63, 3.8) is 0 Å². The van der Waals surface area contributed by atoms with Gasteiger partial charge in [0.05, 0.1) is 11.9 Å². The van der Waals surface area contributed by atoms with Crippen LogP contribution in [0, 0.1) is 0 Å². The van der Waals surface area contributed by atoms with E-state index in [9.17, 15) is 0 Å². The summed E-state index contributed by atoms with van der Waals surface area (Å²) >= 11 is 0. The van der Waals surface area contributed by atoms with Crippen molar-refractivity contribution in [3.05, 3.63) is 18.3 Å². The molecular formula is C15H23N3. The molecule has 0 spiro atoms. The zero-order valence-electron chi connectivity index (χ0n) is 11.1. The molecule has 1 aromatic heterocycles. The smallest absolute Gasteiger partial charge is 0.128 e. The molecule has 0 unspecified atom stereocenters. The van der Waals surface area contributed by atoms with E-state index in [1.807, 2.05) is 6.20 Å². The summed E-state index contributed by atoms with van der Waals surface area (Å²) in [7, 11) is 0. The molecule has 0 aromatic carbocycles. The zero-order chi connectivity index (χ0) is 12.2. The van der Waals surface area contributed by atoms with Crippen molar-refractivity contribution in [1.29, 1.82) is 0 Å². The topological polar surface area (TPSA) is 28.2 Å². The van der Waals surface area contributed by atoms with Gasteiger partial charge >= 0.3 is 0 Å². The minimum Gasteiger partial charge on any atom is -0.381 e. The van der Waals surface area contributed by atoms with Crippen molar-refractivity contribution in [3.8, 4) is 0 Å². The highest BCUT2D eigenvalue weighted by Gasteiger charge is 2.15. The van der Waals surface area contributed by atoms with Crippen LogP contribution in [0.1, 0.15) is 44.9 Å². The molecule has 2 heterocycles. The third-order valence-electron chi connectivity index (χ3n) is 4.15. The molecule has 0 bridgehead atoms. The lowest BCUT2D eigenvalue weighted by Crippen LogP contribution is -2.22. The highest BCUT2D eigenvalue weighted by Crippen LogP contribution is 2.23. The van der Waals surface area contributed by atoms with Crippen molar-refractivity contribution in [2.45, 2.75) is 51.0 Å². The number of nitrogens with zero attached hydrogens (tertiary/aromatic N) is 2. The Morgan fingerprint density at radius 3 is 2.44 bits per heavy atom.